The summed E-state index contributed by atoms with van der Waals surface area (Å²) in [4.78, 5) is 21.3. The minimum atomic E-state index is -0.682. The molecule has 1 amide bonds. The molecule has 2 heterocycles. The lowest BCUT2D eigenvalue weighted by molar-refractivity contribution is -0.605. The standard InChI is InChI=1S/C11H8N4O5/c16-11(8-3-5-14(17)6-4-8)13-12-7-9-1-2-10(20-9)15(18)19/h1-7H,(H,13,16). The second kappa shape index (κ2) is 5.61. The molecule has 0 atom stereocenters. The van der Waals surface area contributed by atoms with Crippen molar-refractivity contribution in [2.75, 3.05) is 0 Å². The summed E-state index contributed by atoms with van der Waals surface area (Å²) in [6.07, 6.45) is 3.48. The molecule has 1 N–H and O–H groups in total. The molecule has 0 spiro atoms. The molecular weight excluding hydrogens is 268 g/mol. The number of carbonyl (C=O) groups is 1. The number of amides is 1. The van der Waals surface area contributed by atoms with Gasteiger partial charge < -0.3 is 9.62 Å². The number of hydrazone groups is 1. The summed E-state index contributed by atoms with van der Waals surface area (Å²) < 4.78 is 5.35. The van der Waals surface area contributed by atoms with Gasteiger partial charge in [-0.05, 0) is 6.07 Å². The number of hydrogen-bond acceptors (Lipinski definition) is 6. The Balaban J connectivity index is 1.97. The van der Waals surface area contributed by atoms with Gasteiger partial charge in [0.05, 0.1) is 17.8 Å². The van der Waals surface area contributed by atoms with Crippen LogP contribution in [-0.4, -0.2) is 17.0 Å². The average Bonchev–Trinajstić information content (AvgIpc) is 2.88. The van der Waals surface area contributed by atoms with Gasteiger partial charge in [-0.3, -0.25) is 14.9 Å². The SMILES string of the molecule is O=C(NN=Cc1ccc([N+](=O)[O-])o1)c1cc[n+]([O-])cc1. The maximum atomic E-state index is 11.6. The van der Waals surface area contributed by atoms with E-state index in [4.69, 9.17) is 4.42 Å². The summed E-state index contributed by atoms with van der Waals surface area (Å²) in [5, 5.41) is 24.8. The van der Waals surface area contributed by atoms with Crippen LogP contribution in [0.25, 0.3) is 0 Å². The van der Waals surface area contributed by atoms with Crippen molar-refractivity contribution < 1.29 is 18.9 Å². The van der Waals surface area contributed by atoms with Crippen molar-refractivity contribution in [1.29, 1.82) is 0 Å². The highest BCUT2D eigenvalue weighted by Crippen LogP contribution is 2.13. The fraction of sp³-hybridized carbons (Fsp3) is 0. The van der Waals surface area contributed by atoms with Gasteiger partial charge in [0.15, 0.2) is 18.2 Å². The van der Waals surface area contributed by atoms with Crippen LogP contribution in [0.2, 0.25) is 0 Å². The number of hydrogen-bond donors (Lipinski definition) is 1. The summed E-state index contributed by atoms with van der Waals surface area (Å²) in [5.74, 6) is -0.814. The average molecular weight is 276 g/mol. The molecule has 20 heavy (non-hydrogen) atoms. The van der Waals surface area contributed by atoms with Crippen LogP contribution in [0, 0.1) is 15.3 Å². The van der Waals surface area contributed by atoms with Crippen molar-refractivity contribution in [3.8, 4) is 0 Å². The van der Waals surface area contributed by atoms with E-state index in [2.05, 4.69) is 10.5 Å². The highest BCUT2D eigenvalue weighted by atomic mass is 16.6. The number of rotatable bonds is 4. The predicted molar refractivity (Wildman–Crippen MR) is 65.8 cm³/mol. The van der Waals surface area contributed by atoms with Crippen LogP contribution in [0.15, 0.2) is 46.2 Å². The van der Waals surface area contributed by atoms with E-state index >= 15 is 0 Å². The van der Waals surface area contributed by atoms with E-state index in [0.29, 0.717) is 4.73 Å². The Morgan fingerprint density at radius 2 is 2.05 bits per heavy atom. The summed E-state index contributed by atoms with van der Waals surface area (Å²) in [7, 11) is 0. The number of carbonyl (C=O) groups excluding carboxylic acids is 1. The predicted octanol–water partition coefficient (Wildman–Crippen LogP) is 0.585. The van der Waals surface area contributed by atoms with E-state index in [1.54, 1.807) is 0 Å². The van der Waals surface area contributed by atoms with Gasteiger partial charge in [-0.25, -0.2) is 5.43 Å². The van der Waals surface area contributed by atoms with Crippen LogP contribution >= 0.6 is 0 Å². The molecule has 0 saturated heterocycles. The molecule has 9 nitrogen and oxygen atoms in total. The van der Waals surface area contributed by atoms with Crippen molar-refractivity contribution in [2.24, 2.45) is 5.10 Å². The normalized spacial score (nSPS) is 10.6. The van der Waals surface area contributed by atoms with E-state index in [9.17, 15) is 20.1 Å². The Morgan fingerprint density at radius 3 is 2.65 bits per heavy atom. The minimum absolute atomic E-state index is 0.127. The zero-order valence-electron chi connectivity index (χ0n) is 9.92. The van der Waals surface area contributed by atoms with E-state index in [-0.39, 0.29) is 11.3 Å². The Hall–Kier alpha value is -3.23. The van der Waals surface area contributed by atoms with Gasteiger partial charge in [0.25, 0.3) is 5.91 Å². The fourth-order valence-corrected chi connectivity index (χ4v) is 1.29. The summed E-state index contributed by atoms with van der Waals surface area (Å²) in [6.45, 7) is 0. The highest BCUT2D eigenvalue weighted by molar-refractivity contribution is 5.94. The Morgan fingerprint density at radius 1 is 1.35 bits per heavy atom. The first-order valence-electron chi connectivity index (χ1n) is 5.33. The van der Waals surface area contributed by atoms with Gasteiger partial charge in [0.2, 0.25) is 0 Å². The zero-order chi connectivity index (χ0) is 14.5. The number of pyridine rings is 1. The summed E-state index contributed by atoms with van der Waals surface area (Å²) >= 11 is 0. The molecule has 0 saturated carbocycles. The van der Waals surface area contributed by atoms with Gasteiger partial charge in [0, 0.05) is 12.1 Å². The molecule has 0 aliphatic carbocycles. The zero-order valence-corrected chi connectivity index (χ0v) is 9.92. The highest BCUT2D eigenvalue weighted by Gasteiger charge is 2.10. The number of nitro groups is 1. The molecule has 0 radical (unpaired) electrons. The van der Waals surface area contributed by atoms with Crippen LogP contribution < -0.4 is 10.2 Å². The maximum Gasteiger partial charge on any atom is 0.433 e. The van der Waals surface area contributed by atoms with Crippen LogP contribution in [0.5, 0.6) is 0 Å². The topological polar surface area (TPSA) is 125 Å². The maximum absolute atomic E-state index is 11.6. The lowest BCUT2D eigenvalue weighted by Gasteiger charge is -1.98. The van der Waals surface area contributed by atoms with E-state index in [0.717, 1.165) is 6.21 Å². The second-order valence-corrected chi connectivity index (χ2v) is 3.58. The first-order chi connectivity index (χ1) is 9.56. The lowest BCUT2D eigenvalue weighted by atomic mass is 10.3. The molecular formula is C11H8N4O5. The van der Waals surface area contributed by atoms with Crippen molar-refractivity contribution >= 4 is 18.0 Å². The molecule has 2 rings (SSSR count). The summed E-state index contributed by atoms with van der Waals surface area (Å²) in [5.41, 5.74) is 2.44. The van der Waals surface area contributed by atoms with Crippen LogP contribution in [-0.2, 0) is 0 Å². The molecule has 0 aliphatic rings. The molecule has 0 aliphatic heterocycles. The third-order valence-electron chi connectivity index (χ3n) is 2.21. The molecule has 0 bridgehead atoms. The van der Waals surface area contributed by atoms with Crippen molar-refractivity contribution in [1.82, 2.24) is 5.43 Å². The van der Waals surface area contributed by atoms with Gasteiger partial charge in [0.1, 0.15) is 4.92 Å². The molecule has 2 aromatic heterocycles. The smallest absolute Gasteiger partial charge is 0.433 e. The molecule has 2 aromatic rings. The van der Waals surface area contributed by atoms with Crippen LogP contribution in [0.1, 0.15) is 16.1 Å². The van der Waals surface area contributed by atoms with Gasteiger partial charge in [-0.15, -0.1) is 0 Å². The second-order valence-electron chi connectivity index (χ2n) is 3.58. The monoisotopic (exact) mass is 276 g/mol. The molecule has 102 valence electrons. The number of nitrogens with zero attached hydrogens (tertiary/aromatic N) is 3. The van der Waals surface area contributed by atoms with E-state index < -0.39 is 16.7 Å². The van der Waals surface area contributed by atoms with Crippen molar-refractivity contribution in [2.45, 2.75) is 0 Å². The Kier molecular flexibility index (Phi) is 3.70. The quantitative estimate of drug-likeness (QED) is 0.287. The molecule has 9 heteroatoms. The van der Waals surface area contributed by atoms with E-state index in [1.165, 1.54) is 36.7 Å². The Labute approximate surface area is 111 Å². The van der Waals surface area contributed by atoms with Gasteiger partial charge in [-0.1, -0.05) is 0 Å². The Bertz CT molecular complexity index is 662. The third-order valence-corrected chi connectivity index (χ3v) is 2.21. The minimum Gasteiger partial charge on any atom is -0.619 e. The van der Waals surface area contributed by atoms with E-state index in [1.807, 2.05) is 0 Å². The molecule has 0 unspecified atom stereocenters. The third kappa shape index (κ3) is 3.16. The van der Waals surface area contributed by atoms with Gasteiger partial charge >= 0.3 is 5.88 Å². The number of nitrogens with one attached hydrogen (secondary N) is 1. The first kappa shape index (κ1) is 13.2. The van der Waals surface area contributed by atoms with Gasteiger partial charge in [-0.2, -0.15) is 9.83 Å². The fourth-order valence-electron chi connectivity index (χ4n) is 1.29. The van der Waals surface area contributed by atoms with Crippen LogP contribution in [0.3, 0.4) is 0 Å². The summed E-state index contributed by atoms with van der Waals surface area (Å²) in [6, 6.07) is 5.18. The molecule has 0 fully saturated rings. The van der Waals surface area contributed by atoms with Crippen LogP contribution in [0.4, 0.5) is 5.88 Å². The van der Waals surface area contributed by atoms with Crippen molar-refractivity contribution in [3.63, 3.8) is 0 Å². The largest absolute Gasteiger partial charge is 0.619 e. The molecule has 0 aromatic carbocycles. The first-order valence-corrected chi connectivity index (χ1v) is 5.33. The van der Waals surface area contributed by atoms with Crippen molar-refractivity contribution in [3.05, 3.63) is 63.3 Å². The number of aromatic nitrogens is 1. The lowest BCUT2D eigenvalue weighted by Crippen LogP contribution is -2.26. The number of furan rings is 1.